The smallest absolute Gasteiger partial charge is 0.322 e. The van der Waals surface area contributed by atoms with Crippen LogP contribution < -0.4 is 20.5 Å². The number of carbonyl (C=O) groups is 1. The molecule has 0 bridgehead atoms. The Bertz CT molecular complexity index is 939. The number of methoxy groups -OCH3 is 1. The predicted octanol–water partition coefficient (Wildman–Crippen LogP) is 4.69. The number of nitrogens with one attached hydrogen (secondary N) is 1. The van der Waals surface area contributed by atoms with Gasteiger partial charge < -0.3 is 25.4 Å². The van der Waals surface area contributed by atoms with Gasteiger partial charge in [0.15, 0.2) is 11.5 Å². The third-order valence-corrected chi connectivity index (χ3v) is 4.55. The Kier molecular flexibility index (Phi) is 9.68. The molecule has 3 aromatic carbocycles. The van der Waals surface area contributed by atoms with Crippen molar-refractivity contribution in [3.8, 4) is 11.5 Å². The van der Waals surface area contributed by atoms with Gasteiger partial charge in [-0.15, -0.1) is 12.4 Å². The van der Waals surface area contributed by atoms with Gasteiger partial charge in [0.25, 0.3) is 0 Å². The van der Waals surface area contributed by atoms with Gasteiger partial charge in [0, 0.05) is 25.3 Å². The fraction of sp³-hybridized carbons (Fsp3) is 0.208. The Morgan fingerprint density at radius 3 is 2.26 bits per heavy atom. The number of benzene rings is 3. The van der Waals surface area contributed by atoms with E-state index in [1.54, 1.807) is 12.0 Å². The summed E-state index contributed by atoms with van der Waals surface area (Å²) in [6.45, 7) is 1.67. The molecule has 0 atom stereocenters. The molecule has 7 heteroatoms. The van der Waals surface area contributed by atoms with Gasteiger partial charge >= 0.3 is 6.03 Å². The van der Waals surface area contributed by atoms with E-state index in [0.29, 0.717) is 37.7 Å². The molecule has 0 radical (unpaired) electrons. The van der Waals surface area contributed by atoms with Crippen molar-refractivity contribution < 1.29 is 14.3 Å². The second-order valence-electron chi connectivity index (χ2n) is 6.77. The second kappa shape index (κ2) is 12.5. The van der Waals surface area contributed by atoms with Crippen LogP contribution in [0.2, 0.25) is 0 Å². The molecule has 0 unspecified atom stereocenters. The number of nitrogens with two attached hydrogens (primary N) is 1. The lowest BCUT2D eigenvalue weighted by atomic mass is 10.2. The number of para-hydroxylation sites is 1. The summed E-state index contributed by atoms with van der Waals surface area (Å²) in [6, 6.07) is 24.8. The molecule has 0 fully saturated rings. The first kappa shape index (κ1) is 24.1. The Balaban J connectivity index is 0.00000341. The highest BCUT2D eigenvalue weighted by atomic mass is 35.5. The van der Waals surface area contributed by atoms with Crippen molar-refractivity contribution in [3.05, 3.63) is 90.0 Å². The van der Waals surface area contributed by atoms with Crippen molar-refractivity contribution in [1.82, 2.24) is 4.90 Å². The molecule has 0 spiro atoms. The van der Waals surface area contributed by atoms with E-state index in [1.807, 2.05) is 78.9 Å². The average Bonchev–Trinajstić information content (AvgIpc) is 2.79. The van der Waals surface area contributed by atoms with Gasteiger partial charge in [-0.1, -0.05) is 54.6 Å². The number of hydrogen-bond acceptors (Lipinski definition) is 4. The molecule has 0 aromatic heterocycles. The zero-order valence-electron chi connectivity index (χ0n) is 17.5. The minimum Gasteiger partial charge on any atom is -0.493 e. The van der Waals surface area contributed by atoms with Crippen LogP contribution in [0.3, 0.4) is 0 Å². The molecule has 3 N–H and O–H groups in total. The quantitative estimate of drug-likeness (QED) is 0.505. The lowest BCUT2D eigenvalue weighted by molar-refractivity contribution is 0.210. The van der Waals surface area contributed by atoms with E-state index in [9.17, 15) is 4.79 Å². The molecule has 3 aromatic rings. The molecule has 0 saturated heterocycles. The molecule has 3 rings (SSSR count). The SMILES string of the molecule is COc1cc(CN(CCN)C(=O)Nc2ccccc2)ccc1OCc1ccccc1.Cl. The Morgan fingerprint density at radius 2 is 1.61 bits per heavy atom. The van der Waals surface area contributed by atoms with E-state index < -0.39 is 0 Å². The van der Waals surface area contributed by atoms with Crippen LogP contribution in [0.25, 0.3) is 0 Å². The lowest BCUT2D eigenvalue weighted by Crippen LogP contribution is -2.38. The molecule has 164 valence electrons. The van der Waals surface area contributed by atoms with Crippen LogP contribution in [0.1, 0.15) is 11.1 Å². The third-order valence-electron chi connectivity index (χ3n) is 4.55. The van der Waals surface area contributed by atoms with Crippen LogP contribution in [0.4, 0.5) is 10.5 Å². The maximum atomic E-state index is 12.7. The normalized spacial score (nSPS) is 10.0. The zero-order valence-corrected chi connectivity index (χ0v) is 18.3. The van der Waals surface area contributed by atoms with Crippen LogP contribution in [-0.2, 0) is 13.2 Å². The van der Waals surface area contributed by atoms with Crippen LogP contribution in [0, 0.1) is 0 Å². The van der Waals surface area contributed by atoms with E-state index in [0.717, 1.165) is 16.8 Å². The summed E-state index contributed by atoms with van der Waals surface area (Å²) in [5.74, 6) is 1.28. The number of carbonyl (C=O) groups excluding carboxylic acids is 1. The van der Waals surface area contributed by atoms with Gasteiger partial charge in [-0.3, -0.25) is 0 Å². The van der Waals surface area contributed by atoms with Gasteiger partial charge in [0.2, 0.25) is 0 Å². The average molecular weight is 442 g/mol. The van der Waals surface area contributed by atoms with Crippen molar-refractivity contribution in [2.45, 2.75) is 13.2 Å². The predicted molar refractivity (Wildman–Crippen MR) is 126 cm³/mol. The van der Waals surface area contributed by atoms with E-state index in [1.165, 1.54) is 0 Å². The minimum absolute atomic E-state index is 0. The Labute approximate surface area is 189 Å². The monoisotopic (exact) mass is 441 g/mol. The Morgan fingerprint density at radius 1 is 0.935 bits per heavy atom. The van der Waals surface area contributed by atoms with Crippen molar-refractivity contribution in [3.63, 3.8) is 0 Å². The highest BCUT2D eigenvalue weighted by Gasteiger charge is 2.15. The molecule has 0 saturated carbocycles. The number of nitrogens with zero attached hydrogens (tertiary/aromatic N) is 1. The molecular formula is C24H28ClN3O3. The maximum Gasteiger partial charge on any atom is 0.322 e. The number of urea groups is 1. The largest absolute Gasteiger partial charge is 0.493 e. The van der Waals surface area contributed by atoms with Crippen molar-refractivity contribution in [2.24, 2.45) is 5.73 Å². The van der Waals surface area contributed by atoms with Crippen LogP contribution in [0.15, 0.2) is 78.9 Å². The van der Waals surface area contributed by atoms with Crippen LogP contribution >= 0.6 is 12.4 Å². The van der Waals surface area contributed by atoms with Gasteiger partial charge in [-0.25, -0.2) is 4.79 Å². The van der Waals surface area contributed by atoms with Crippen molar-refractivity contribution in [2.75, 3.05) is 25.5 Å². The molecule has 31 heavy (non-hydrogen) atoms. The first-order valence-corrected chi connectivity index (χ1v) is 9.84. The maximum absolute atomic E-state index is 12.7. The molecular weight excluding hydrogens is 414 g/mol. The number of ether oxygens (including phenoxy) is 2. The summed E-state index contributed by atoms with van der Waals surface area (Å²) < 4.78 is 11.4. The summed E-state index contributed by atoms with van der Waals surface area (Å²) in [6.07, 6.45) is 0. The number of amides is 2. The van der Waals surface area contributed by atoms with E-state index in [2.05, 4.69) is 5.32 Å². The van der Waals surface area contributed by atoms with Crippen molar-refractivity contribution >= 4 is 24.1 Å². The molecule has 0 aliphatic heterocycles. The number of hydrogen-bond donors (Lipinski definition) is 2. The molecule has 2 amide bonds. The summed E-state index contributed by atoms with van der Waals surface area (Å²) in [5, 5.41) is 2.90. The van der Waals surface area contributed by atoms with Gasteiger partial charge in [0.05, 0.1) is 7.11 Å². The highest BCUT2D eigenvalue weighted by Crippen LogP contribution is 2.29. The Hall–Kier alpha value is -3.22. The topological polar surface area (TPSA) is 76.8 Å². The lowest BCUT2D eigenvalue weighted by Gasteiger charge is -2.23. The summed E-state index contributed by atoms with van der Waals surface area (Å²) in [5.41, 5.74) is 8.47. The molecule has 0 heterocycles. The van der Waals surface area contributed by atoms with E-state index in [4.69, 9.17) is 15.2 Å². The summed E-state index contributed by atoms with van der Waals surface area (Å²) >= 11 is 0. The number of halogens is 1. The summed E-state index contributed by atoms with van der Waals surface area (Å²) in [4.78, 5) is 14.4. The molecule has 6 nitrogen and oxygen atoms in total. The number of rotatable bonds is 9. The fourth-order valence-corrected chi connectivity index (χ4v) is 3.02. The van der Waals surface area contributed by atoms with E-state index >= 15 is 0 Å². The van der Waals surface area contributed by atoms with E-state index in [-0.39, 0.29) is 18.4 Å². The number of anilines is 1. The third kappa shape index (κ3) is 7.20. The fourth-order valence-electron chi connectivity index (χ4n) is 3.02. The first-order valence-electron chi connectivity index (χ1n) is 9.84. The molecule has 0 aliphatic carbocycles. The molecule has 0 aliphatic rings. The zero-order chi connectivity index (χ0) is 21.2. The highest BCUT2D eigenvalue weighted by molar-refractivity contribution is 5.89. The van der Waals surface area contributed by atoms with Gasteiger partial charge in [0.1, 0.15) is 6.61 Å². The summed E-state index contributed by atoms with van der Waals surface area (Å²) in [7, 11) is 1.61. The van der Waals surface area contributed by atoms with Crippen LogP contribution in [0.5, 0.6) is 11.5 Å². The minimum atomic E-state index is -0.199. The second-order valence-corrected chi connectivity index (χ2v) is 6.77. The van der Waals surface area contributed by atoms with Crippen molar-refractivity contribution in [1.29, 1.82) is 0 Å². The van der Waals surface area contributed by atoms with Crippen LogP contribution in [-0.4, -0.2) is 31.1 Å². The standard InChI is InChI=1S/C24H27N3O3.ClH/c1-29-23-16-20(12-13-22(23)30-18-19-8-4-2-5-9-19)17-27(15-14-25)24(28)26-21-10-6-3-7-11-21;/h2-13,16H,14-15,17-18,25H2,1H3,(H,26,28);1H. The van der Waals surface area contributed by atoms with Gasteiger partial charge in [-0.05, 0) is 35.4 Å². The van der Waals surface area contributed by atoms with Gasteiger partial charge in [-0.2, -0.15) is 0 Å². The first-order chi connectivity index (χ1) is 14.7.